The molecule has 0 spiro atoms. The lowest BCUT2D eigenvalue weighted by Gasteiger charge is -2.21. The standard InChI is InChI=1S/C12H14BrClN2O/c1-12(4-5-15-7-12)11(17)16-8-2-3-9(13)10(14)6-8/h2-3,6,15H,4-5,7H2,1H3,(H,16,17). The highest BCUT2D eigenvalue weighted by atomic mass is 79.9. The molecule has 0 aliphatic carbocycles. The molecule has 2 N–H and O–H groups in total. The topological polar surface area (TPSA) is 41.1 Å². The van der Waals surface area contributed by atoms with Crippen LogP contribution in [0.4, 0.5) is 5.69 Å². The molecule has 1 aromatic rings. The van der Waals surface area contributed by atoms with Crippen LogP contribution in [0.3, 0.4) is 0 Å². The van der Waals surface area contributed by atoms with E-state index in [4.69, 9.17) is 11.6 Å². The third-order valence-corrected chi connectivity index (χ3v) is 4.33. The average Bonchev–Trinajstić information content (AvgIpc) is 2.72. The van der Waals surface area contributed by atoms with Gasteiger partial charge in [0.15, 0.2) is 0 Å². The molecule has 1 saturated heterocycles. The first kappa shape index (κ1) is 12.9. The Morgan fingerprint density at radius 3 is 2.94 bits per heavy atom. The smallest absolute Gasteiger partial charge is 0.231 e. The first-order valence-corrected chi connectivity index (χ1v) is 6.66. The summed E-state index contributed by atoms with van der Waals surface area (Å²) in [5.41, 5.74) is 0.413. The second-order valence-electron chi connectivity index (χ2n) is 4.57. The SMILES string of the molecule is CC1(C(=O)Nc2ccc(Br)c(Cl)c2)CCNC1. The summed E-state index contributed by atoms with van der Waals surface area (Å²) in [4.78, 5) is 12.1. The number of hydrogen-bond acceptors (Lipinski definition) is 2. The largest absolute Gasteiger partial charge is 0.326 e. The zero-order valence-electron chi connectivity index (χ0n) is 9.52. The molecule has 1 amide bonds. The van der Waals surface area contributed by atoms with Gasteiger partial charge in [0, 0.05) is 16.7 Å². The van der Waals surface area contributed by atoms with E-state index in [1.165, 1.54) is 0 Å². The lowest BCUT2D eigenvalue weighted by molar-refractivity contribution is -0.123. The molecule has 2 rings (SSSR count). The predicted molar refractivity (Wildman–Crippen MR) is 73.4 cm³/mol. The number of carbonyl (C=O) groups is 1. The molecule has 1 aromatic carbocycles. The van der Waals surface area contributed by atoms with Crippen molar-refractivity contribution in [3.8, 4) is 0 Å². The minimum absolute atomic E-state index is 0.0425. The Labute approximate surface area is 114 Å². The number of anilines is 1. The number of nitrogens with one attached hydrogen (secondary N) is 2. The fraction of sp³-hybridized carbons (Fsp3) is 0.417. The molecule has 1 aliphatic rings. The van der Waals surface area contributed by atoms with Crippen molar-refractivity contribution in [2.24, 2.45) is 5.41 Å². The molecule has 3 nitrogen and oxygen atoms in total. The van der Waals surface area contributed by atoms with Crippen LogP contribution in [0.5, 0.6) is 0 Å². The number of amides is 1. The van der Waals surface area contributed by atoms with Gasteiger partial charge in [-0.2, -0.15) is 0 Å². The van der Waals surface area contributed by atoms with Crippen molar-refractivity contribution in [2.75, 3.05) is 18.4 Å². The van der Waals surface area contributed by atoms with Crippen LogP contribution in [-0.2, 0) is 4.79 Å². The number of carbonyl (C=O) groups excluding carboxylic acids is 1. The fourth-order valence-electron chi connectivity index (χ4n) is 1.87. The van der Waals surface area contributed by atoms with Crippen molar-refractivity contribution in [2.45, 2.75) is 13.3 Å². The van der Waals surface area contributed by atoms with Crippen LogP contribution in [0.25, 0.3) is 0 Å². The Bertz CT molecular complexity index is 444. The summed E-state index contributed by atoms with van der Waals surface area (Å²) in [6.45, 7) is 3.59. The molecule has 1 unspecified atom stereocenters. The summed E-state index contributed by atoms with van der Waals surface area (Å²) in [7, 11) is 0. The normalized spacial score (nSPS) is 23.7. The van der Waals surface area contributed by atoms with Gasteiger partial charge in [0.2, 0.25) is 5.91 Å². The third-order valence-electron chi connectivity index (χ3n) is 3.09. The molecule has 0 saturated carbocycles. The van der Waals surface area contributed by atoms with Gasteiger partial charge in [-0.15, -0.1) is 0 Å². The maximum absolute atomic E-state index is 12.1. The van der Waals surface area contributed by atoms with Gasteiger partial charge in [-0.05, 0) is 54.0 Å². The van der Waals surface area contributed by atoms with E-state index in [-0.39, 0.29) is 11.3 Å². The summed E-state index contributed by atoms with van der Waals surface area (Å²) in [5.74, 6) is 0.0425. The molecule has 1 atom stereocenters. The average molecular weight is 318 g/mol. The van der Waals surface area contributed by atoms with Crippen molar-refractivity contribution < 1.29 is 4.79 Å². The van der Waals surface area contributed by atoms with Crippen LogP contribution in [0.1, 0.15) is 13.3 Å². The highest BCUT2D eigenvalue weighted by molar-refractivity contribution is 9.10. The van der Waals surface area contributed by atoms with Crippen molar-refractivity contribution in [3.63, 3.8) is 0 Å². The maximum Gasteiger partial charge on any atom is 0.231 e. The van der Waals surface area contributed by atoms with Crippen molar-refractivity contribution in [1.29, 1.82) is 0 Å². The molecule has 5 heteroatoms. The summed E-state index contributed by atoms with van der Waals surface area (Å²) >= 11 is 9.30. The van der Waals surface area contributed by atoms with E-state index in [2.05, 4.69) is 26.6 Å². The molecule has 17 heavy (non-hydrogen) atoms. The van der Waals surface area contributed by atoms with Crippen LogP contribution >= 0.6 is 27.5 Å². The van der Waals surface area contributed by atoms with Gasteiger partial charge in [0.25, 0.3) is 0 Å². The van der Waals surface area contributed by atoms with E-state index in [1.54, 1.807) is 6.07 Å². The van der Waals surface area contributed by atoms with E-state index in [0.717, 1.165) is 29.7 Å². The maximum atomic E-state index is 12.1. The highest BCUT2D eigenvalue weighted by Gasteiger charge is 2.36. The van der Waals surface area contributed by atoms with Crippen LogP contribution in [0.15, 0.2) is 22.7 Å². The fourth-order valence-corrected chi connectivity index (χ4v) is 2.29. The lowest BCUT2D eigenvalue weighted by atomic mass is 9.89. The summed E-state index contributed by atoms with van der Waals surface area (Å²) in [6, 6.07) is 5.40. The third kappa shape index (κ3) is 2.81. The van der Waals surface area contributed by atoms with Crippen molar-refractivity contribution in [1.82, 2.24) is 5.32 Å². The molecule has 1 fully saturated rings. The van der Waals surface area contributed by atoms with Crippen LogP contribution in [0, 0.1) is 5.41 Å². The second-order valence-corrected chi connectivity index (χ2v) is 5.83. The minimum atomic E-state index is -0.320. The Balaban J connectivity index is 2.10. The first-order chi connectivity index (χ1) is 8.01. The van der Waals surface area contributed by atoms with Gasteiger partial charge >= 0.3 is 0 Å². The molecule has 0 bridgehead atoms. The van der Waals surface area contributed by atoms with Crippen molar-refractivity contribution >= 4 is 39.1 Å². The molecular weight excluding hydrogens is 304 g/mol. The van der Waals surface area contributed by atoms with Gasteiger partial charge in [0.1, 0.15) is 0 Å². The summed E-state index contributed by atoms with van der Waals surface area (Å²) in [6.07, 6.45) is 0.864. The van der Waals surface area contributed by atoms with E-state index in [9.17, 15) is 4.79 Å². The zero-order chi connectivity index (χ0) is 12.5. The van der Waals surface area contributed by atoms with Gasteiger partial charge in [-0.25, -0.2) is 0 Å². The van der Waals surface area contributed by atoms with Gasteiger partial charge in [0.05, 0.1) is 10.4 Å². The Kier molecular flexibility index (Phi) is 3.76. The first-order valence-electron chi connectivity index (χ1n) is 5.48. The van der Waals surface area contributed by atoms with Crippen LogP contribution in [-0.4, -0.2) is 19.0 Å². The number of halogens is 2. The molecule has 1 heterocycles. The van der Waals surface area contributed by atoms with Gasteiger partial charge in [-0.1, -0.05) is 11.6 Å². The molecule has 0 radical (unpaired) electrons. The molecule has 1 aliphatic heterocycles. The molecule has 92 valence electrons. The quantitative estimate of drug-likeness (QED) is 0.880. The Morgan fingerprint density at radius 1 is 1.59 bits per heavy atom. The Morgan fingerprint density at radius 2 is 2.35 bits per heavy atom. The van der Waals surface area contributed by atoms with E-state index in [0.29, 0.717) is 5.02 Å². The zero-order valence-corrected chi connectivity index (χ0v) is 11.9. The van der Waals surface area contributed by atoms with E-state index >= 15 is 0 Å². The number of hydrogen-bond donors (Lipinski definition) is 2. The van der Waals surface area contributed by atoms with Crippen molar-refractivity contribution in [3.05, 3.63) is 27.7 Å². The monoisotopic (exact) mass is 316 g/mol. The van der Waals surface area contributed by atoms with Gasteiger partial charge in [-0.3, -0.25) is 4.79 Å². The minimum Gasteiger partial charge on any atom is -0.326 e. The van der Waals surface area contributed by atoms with E-state index in [1.807, 2.05) is 19.1 Å². The van der Waals surface area contributed by atoms with E-state index < -0.39 is 0 Å². The highest BCUT2D eigenvalue weighted by Crippen LogP contribution is 2.29. The summed E-state index contributed by atoms with van der Waals surface area (Å²) < 4.78 is 0.825. The Hall–Kier alpha value is -0.580. The molecule has 0 aromatic heterocycles. The summed E-state index contributed by atoms with van der Waals surface area (Å²) in [5, 5.41) is 6.71. The van der Waals surface area contributed by atoms with Gasteiger partial charge < -0.3 is 10.6 Å². The number of rotatable bonds is 2. The number of benzene rings is 1. The second kappa shape index (κ2) is 4.96. The van der Waals surface area contributed by atoms with Crippen LogP contribution < -0.4 is 10.6 Å². The lowest BCUT2D eigenvalue weighted by Crippen LogP contribution is -2.35. The predicted octanol–water partition coefficient (Wildman–Crippen LogP) is 3.04. The van der Waals surface area contributed by atoms with Crippen LogP contribution in [0.2, 0.25) is 5.02 Å². The molecular formula is C12H14BrClN2O.